The van der Waals surface area contributed by atoms with Gasteiger partial charge in [-0.1, -0.05) is 6.92 Å². The summed E-state index contributed by atoms with van der Waals surface area (Å²) in [4.78, 5) is 2.57. The van der Waals surface area contributed by atoms with Crippen LogP contribution in [0.1, 0.15) is 26.7 Å². The first-order chi connectivity index (χ1) is 5.34. The van der Waals surface area contributed by atoms with Crippen LogP contribution in [0.4, 0.5) is 0 Å². The number of rotatable bonds is 4. The molecule has 11 heavy (non-hydrogen) atoms. The zero-order valence-electron chi connectivity index (χ0n) is 7.77. The molecular formula is C9H20N2. The van der Waals surface area contributed by atoms with Gasteiger partial charge in [-0.2, -0.15) is 0 Å². The van der Waals surface area contributed by atoms with E-state index in [0.29, 0.717) is 0 Å². The van der Waals surface area contributed by atoms with Gasteiger partial charge in [0.25, 0.3) is 0 Å². The van der Waals surface area contributed by atoms with Crippen LogP contribution in [0.25, 0.3) is 0 Å². The normalized spacial score (nSPS) is 26.2. The van der Waals surface area contributed by atoms with Gasteiger partial charge in [-0.25, -0.2) is 0 Å². The van der Waals surface area contributed by atoms with Gasteiger partial charge in [0.2, 0.25) is 0 Å². The summed E-state index contributed by atoms with van der Waals surface area (Å²) in [5.41, 5.74) is 0. The molecule has 66 valence electrons. The molecule has 1 atom stereocenters. The lowest BCUT2D eigenvalue weighted by molar-refractivity contribution is 0.269. The van der Waals surface area contributed by atoms with Crippen LogP contribution in [0, 0.1) is 0 Å². The van der Waals surface area contributed by atoms with E-state index >= 15 is 0 Å². The topological polar surface area (TPSA) is 15.3 Å². The van der Waals surface area contributed by atoms with Crippen molar-refractivity contribution in [2.24, 2.45) is 0 Å². The summed E-state index contributed by atoms with van der Waals surface area (Å²) in [5.74, 6) is 0. The molecule has 0 radical (unpaired) electrons. The summed E-state index contributed by atoms with van der Waals surface area (Å²) in [6, 6.07) is 0.827. The zero-order valence-corrected chi connectivity index (χ0v) is 7.77. The van der Waals surface area contributed by atoms with Gasteiger partial charge < -0.3 is 5.32 Å². The lowest BCUT2D eigenvalue weighted by Crippen LogP contribution is -2.34. The van der Waals surface area contributed by atoms with Crippen molar-refractivity contribution in [2.75, 3.05) is 26.2 Å². The molecule has 1 rings (SSSR count). The molecular weight excluding hydrogens is 136 g/mol. The Morgan fingerprint density at radius 2 is 2.36 bits per heavy atom. The van der Waals surface area contributed by atoms with Gasteiger partial charge in [0.1, 0.15) is 0 Å². The molecule has 1 heterocycles. The highest BCUT2D eigenvalue weighted by Gasteiger charge is 2.18. The van der Waals surface area contributed by atoms with Crippen molar-refractivity contribution in [3.05, 3.63) is 0 Å². The Morgan fingerprint density at radius 1 is 1.55 bits per heavy atom. The van der Waals surface area contributed by atoms with E-state index in [4.69, 9.17) is 0 Å². The van der Waals surface area contributed by atoms with Gasteiger partial charge in [-0.05, 0) is 32.9 Å². The fraction of sp³-hybridized carbons (Fsp3) is 1.00. The van der Waals surface area contributed by atoms with Crippen molar-refractivity contribution in [2.45, 2.75) is 32.7 Å². The van der Waals surface area contributed by atoms with E-state index in [0.717, 1.165) is 19.1 Å². The van der Waals surface area contributed by atoms with Gasteiger partial charge in [0.15, 0.2) is 0 Å². The first kappa shape index (κ1) is 9.01. The maximum absolute atomic E-state index is 3.35. The quantitative estimate of drug-likeness (QED) is 0.613. The van der Waals surface area contributed by atoms with E-state index in [1.807, 2.05) is 0 Å². The lowest BCUT2D eigenvalue weighted by Gasteiger charge is -2.20. The minimum atomic E-state index is 0.827. The van der Waals surface area contributed by atoms with Gasteiger partial charge in [0, 0.05) is 19.1 Å². The second-order valence-corrected chi connectivity index (χ2v) is 3.38. The molecule has 1 fully saturated rings. The van der Waals surface area contributed by atoms with Crippen LogP contribution >= 0.6 is 0 Å². The fourth-order valence-electron chi connectivity index (χ4n) is 1.72. The van der Waals surface area contributed by atoms with E-state index in [1.54, 1.807) is 0 Å². The van der Waals surface area contributed by atoms with Crippen molar-refractivity contribution >= 4 is 0 Å². The second kappa shape index (κ2) is 4.73. The van der Waals surface area contributed by atoms with Crippen molar-refractivity contribution < 1.29 is 0 Å². The highest BCUT2D eigenvalue weighted by atomic mass is 15.2. The predicted octanol–water partition coefficient (Wildman–Crippen LogP) is 1.08. The average molecular weight is 156 g/mol. The Morgan fingerprint density at radius 3 is 2.91 bits per heavy atom. The molecule has 0 bridgehead atoms. The molecule has 1 saturated heterocycles. The maximum atomic E-state index is 3.35. The maximum Gasteiger partial charge on any atom is 0.0110 e. The van der Waals surface area contributed by atoms with Crippen LogP contribution in [-0.4, -0.2) is 37.1 Å². The summed E-state index contributed by atoms with van der Waals surface area (Å²) >= 11 is 0. The molecule has 0 aromatic heterocycles. The Bertz CT molecular complexity index is 104. The van der Waals surface area contributed by atoms with E-state index < -0.39 is 0 Å². The van der Waals surface area contributed by atoms with Crippen molar-refractivity contribution in [1.29, 1.82) is 0 Å². The minimum Gasteiger partial charge on any atom is -0.316 e. The molecule has 0 aliphatic carbocycles. The number of likely N-dealkylation sites (tertiary alicyclic amines) is 1. The van der Waals surface area contributed by atoms with Gasteiger partial charge in [0.05, 0.1) is 0 Å². The van der Waals surface area contributed by atoms with E-state index in [9.17, 15) is 0 Å². The fourth-order valence-corrected chi connectivity index (χ4v) is 1.72. The van der Waals surface area contributed by atoms with Crippen LogP contribution in [0.2, 0.25) is 0 Å². The van der Waals surface area contributed by atoms with E-state index in [-0.39, 0.29) is 0 Å². The number of nitrogens with zero attached hydrogens (tertiary/aromatic N) is 1. The number of likely N-dealkylation sites (N-methyl/N-ethyl adjacent to an activating group) is 1. The van der Waals surface area contributed by atoms with Gasteiger partial charge in [-0.15, -0.1) is 0 Å². The minimum absolute atomic E-state index is 0.827. The number of hydrogen-bond donors (Lipinski definition) is 1. The van der Waals surface area contributed by atoms with Crippen LogP contribution in [0.3, 0.4) is 0 Å². The number of nitrogens with one attached hydrogen (secondary N) is 1. The highest BCUT2D eigenvalue weighted by Crippen LogP contribution is 2.14. The second-order valence-electron chi connectivity index (χ2n) is 3.38. The average Bonchev–Trinajstić information content (AvgIpc) is 2.37. The third-order valence-electron chi connectivity index (χ3n) is 2.52. The Kier molecular flexibility index (Phi) is 3.87. The first-order valence-electron chi connectivity index (χ1n) is 4.79. The monoisotopic (exact) mass is 156 g/mol. The summed E-state index contributed by atoms with van der Waals surface area (Å²) in [6.07, 6.45) is 2.79. The Balaban J connectivity index is 2.05. The molecule has 0 aromatic rings. The van der Waals surface area contributed by atoms with Gasteiger partial charge in [-0.3, -0.25) is 4.90 Å². The predicted molar refractivity (Wildman–Crippen MR) is 48.8 cm³/mol. The molecule has 0 saturated carbocycles. The van der Waals surface area contributed by atoms with Crippen LogP contribution in [0.5, 0.6) is 0 Å². The number of hydrogen-bond acceptors (Lipinski definition) is 2. The first-order valence-corrected chi connectivity index (χ1v) is 4.79. The molecule has 1 unspecified atom stereocenters. The Hall–Kier alpha value is -0.0800. The van der Waals surface area contributed by atoms with Crippen molar-refractivity contribution in [3.63, 3.8) is 0 Å². The molecule has 0 spiro atoms. The summed E-state index contributed by atoms with van der Waals surface area (Å²) < 4.78 is 0. The largest absolute Gasteiger partial charge is 0.316 e. The molecule has 1 aliphatic heterocycles. The SMILES string of the molecule is CCNCCN1CCCC1C. The summed E-state index contributed by atoms with van der Waals surface area (Å²) in [6.45, 7) is 9.29. The van der Waals surface area contributed by atoms with E-state index in [1.165, 1.54) is 25.9 Å². The standard InChI is InChI=1S/C9H20N2/c1-3-10-6-8-11-7-4-5-9(11)2/h9-10H,3-8H2,1-2H3. The van der Waals surface area contributed by atoms with E-state index in [2.05, 4.69) is 24.1 Å². The van der Waals surface area contributed by atoms with Crippen LogP contribution < -0.4 is 5.32 Å². The van der Waals surface area contributed by atoms with Crippen LogP contribution in [-0.2, 0) is 0 Å². The molecule has 0 amide bonds. The molecule has 2 nitrogen and oxygen atoms in total. The molecule has 1 N–H and O–H groups in total. The summed E-state index contributed by atoms with van der Waals surface area (Å²) in [7, 11) is 0. The molecule has 2 heteroatoms. The zero-order chi connectivity index (χ0) is 8.10. The smallest absolute Gasteiger partial charge is 0.0110 e. The van der Waals surface area contributed by atoms with Crippen LogP contribution in [0.15, 0.2) is 0 Å². The molecule has 0 aromatic carbocycles. The van der Waals surface area contributed by atoms with Crippen molar-refractivity contribution in [1.82, 2.24) is 10.2 Å². The third kappa shape index (κ3) is 2.80. The molecule has 1 aliphatic rings. The third-order valence-corrected chi connectivity index (χ3v) is 2.52. The highest BCUT2D eigenvalue weighted by molar-refractivity contribution is 4.75. The Labute approximate surface area is 70.0 Å². The van der Waals surface area contributed by atoms with Crippen molar-refractivity contribution in [3.8, 4) is 0 Å². The van der Waals surface area contributed by atoms with Gasteiger partial charge >= 0.3 is 0 Å². The lowest BCUT2D eigenvalue weighted by atomic mass is 10.2. The summed E-state index contributed by atoms with van der Waals surface area (Å²) in [5, 5.41) is 3.35.